The summed E-state index contributed by atoms with van der Waals surface area (Å²) >= 11 is 0. The molecule has 4 fully saturated rings. The third kappa shape index (κ3) is 18.5. The normalized spacial score (nSPS) is 37.5. The SMILES string of the molecule is C/C=C1\C(OC2O[C@@H](CO)[C@H](O)[C@@H](O)[C@@H]2O)OC=C(C(=O)OC)C1CC(=O)OC[C@@H]1OC(OC2OC=C(C(=O)OC)C(CC(=O)OC[C@H]3OC(OCCc4ccc(O)cc4)[C@H](O)[C@@H](O)[C@@H]3O)/C2=C/C)[C@@H](O)[C@H](OC(=O)CC2C(C(=O)OC)=COC(OC3O[C@@H](CO)[C@H](O)[C@@H](O)[C@@H]3O)/C2=C\C)[C@H]1O. The fraction of sp³-hybridized carbons (Fsp3) is 0.631. The van der Waals surface area contributed by atoms with Crippen molar-refractivity contribution in [3.05, 3.63) is 100 Å². The van der Waals surface area contributed by atoms with Gasteiger partial charge in [0.05, 0.1) is 95.9 Å². The van der Waals surface area contributed by atoms with Gasteiger partial charge in [0.25, 0.3) is 0 Å². The quantitative estimate of drug-likeness (QED) is 0.0234. The zero-order chi connectivity index (χ0) is 74.5. The van der Waals surface area contributed by atoms with E-state index in [1.54, 1.807) is 12.1 Å². The molecule has 0 radical (unpaired) electrons. The Morgan fingerprint density at radius 3 is 1.16 bits per heavy atom. The minimum absolute atomic E-state index is 0.00577. The number of ether oxygens (including phenoxy) is 17. The van der Waals surface area contributed by atoms with E-state index >= 15 is 0 Å². The van der Waals surface area contributed by atoms with E-state index in [-0.39, 0.29) is 52.2 Å². The number of carbonyl (C=O) groups excluding carboxylic acids is 6. The maximum atomic E-state index is 14.5. The van der Waals surface area contributed by atoms with Crippen LogP contribution < -0.4 is 0 Å². The van der Waals surface area contributed by atoms with Gasteiger partial charge in [-0.1, -0.05) is 30.4 Å². The van der Waals surface area contributed by atoms with Crippen molar-refractivity contribution < 1.29 is 181 Å². The average Bonchev–Trinajstić information content (AvgIpc) is 0.792. The molecule has 1 aromatic carbocycles. The largest absolute Gasteiger partial charge is 0.508 e. The van der Waals surface area contributed by atoms with E-state index in [1.807, 2.05) is 0 Å². The van der Waals surface area contributed by atoms with E-state index in [4.69, 9.17) is 80.5 Å². The molecule has 4 saturated heterocycles. The maximum absolute atomic E-state index is 14.5. The highest BCUT2D eigenvalue weighted by molar-refractivity contribution is 5.92. The first kappa shape index (κ1) is 80.5. The number of benzene rings is 1. The van der Waals surface area contributed by atoms with Gasteiger partial charge in [0, 0.05) is 34.5 Å². The monoisotopic (exact) mass is 1460 g/mol. The predicted molar refractivity (Wildman–Crippen MR) is 328 cm³/mol. The molecule has 0 aromatic heterocycles. The predicted octanol–water partition coefficient (Wildman–Crippen LogP) is -5.05. The Balaban J connectivity index is 1.03. The minimum atomic E-state index is -2.29. The van der Waals surface area contributed by atoms with Gasteiger partial charge in [0.15, 0.2) is 31.3 Å². The summed E-state index contributed by atoms with van der Waals surface area (Å²) < 4.78 is 95.5. The lowest BCUT2D eigenvalue weighted by Gasteiger charge is -2.43. The molecule has 0 saturated carbocycles. The van der Waals surface area contributed by atoms with Gasteiger partial charge in [0.2, 0.25) is 18.9 Å². The number of esters is 6. The Morgan fingerprint density at radius 2 is 0.775 bits per heavy atom. The number of carbonyl (C=O) groups is 6. The average molecular weight is 1460 g/mol. The number of hydrogen-bond acceptors (Lipinski definition) is 37. The molecule has 37 heteroatoms. The molecule has 7 heterocycles. The Kier molecular flexibility index (Phi) is 28.8. The molecule has 1 aromatic rings. The molecule has 8 rings (SSSR count). The molecule has 26 atom stereocenters. The number of rotatable bonds is 26. The first-order chi connectivity index (χ1) is 48.7. The van der Waals surface area contributed by atoms with Crippen molar-refractivity contribution in [2.24, 2.45) is 17.8 Å². The van der Waals surface area contributed by atoms with Gasteiger partial charge in [-0.3, -0.25) is 14.4 Å². The van der Waals surface area contributed by atoms with Gasteiger partial charge < -0.3 is 152 Å². The summed E-state index contributed by atoms with van der Waals surface area (Å²) in [4.78, 5) is 82.6. The highest BCUT2D eigenvalue weighted by atomic mass is 16.8. The molecule has 0 aliphatic carbocycles. The van der Waals surface area contributed by atoms with E-state index < -0.39 is 241 Å². The molecule has 14 N–H and O–H groups in total. The zero-order valence-electron chi connectivity index (χ0n) is 55.8. The second kappa shape index (κ2) is 36.5. The molecule has 7 aliphatic rings. The second-order valence-electron chi connectivity index (χ2n) is 24.2. The number of hydrogen-bond donors (Lipinski definition) is 14. The molecule has 10 unspecified atom stereocenters. The van der Waals surface area contributed by atoms with E-state index in [9.17, 15) is 100 Å². The number of aliphatic hydroxyl groups is 13. The molecular weight excluding hydrogens is 1370 g/mol. The van der Waals surface area contributed by atoms with Crippen LogP contribution in [0.25, 0.3) is 0 Å². The topological polar surface area (TPSA) is 543 Å². The molecular formula is C65H86O37. The van der Waals surface area contributed by atoms with Crippen LogP contribution in [0.1, 0.15) is 45.6 Å². The van der Waals surface area contributed by atoms with Crippen molar-refractivity contribution in [3.8, 4) is 5.75 Å². The third-order valence-corrected chi connectivity index (χ3v) is 18.0. The highest BCUT2D eigenvalue weighted by Crippen LogP contribution is 2.41. The first-order valence-electron chi connectivity index (χ1n) is 32.2. The number of phenolic OH excluding ortho intramolecular Hbond substituents is 1. The Morgan fingerprint density at radius 1 is 0.431 bits per heavy atom. The Labute approximate surface area is 581 Å². The third-order valence-electron chi connectivity index (χ3n) is 18.0. The van der Waals surface area contributed by atoms with Crippen LogP contribution in [0.15, 0.2) is 94.7 Å². The van der Waals surface area contributed by atoms with Crippen molar-refractivity contribution in [1.82, 2.24) is 0 Å². The maximum Gasteiger partial charge on any atom is 0.337 e. The summed E-state index contributed by atoms with van der Waals surface area (Å²) in [5.41, 5.74) is -0.286. The summed E-state index contributed by atoms with van der Waals surface area (Å²) in [5.74, 6) is -10.7. The van der Waals surface area contributed by atoms with Crippen molar-refractivity contribution >= 4 is 35.8 Å². The molecule has 7 aliphatic heterocycles. The fourth-order valence-electron chi connectivity index (χ4n) is 12.2. The van der Waals surface area contributed by atoms with Crippen molar-refractivity contribution in [1.29, 1.82) is 0 Å². The lowest BCUT2D eigenvalue weighted by molar-refractivity contribution is -0.329. The lowest BCUT2D eigenvalue weighted by Crippen LogP contribution is -2.61. The molecule has 0 amide bonds. The summed E-state index contributed by atoms with van der Waals surface area (Å²) in [5, 5.41) is 149. The zero-order valence-corrected chi connectivity index (χ0v) is 55.8. The van der Waals surface area contributed by atoms with Crippen LogP contribution in [-0.2, 0) is 116 Å². The van der Waals surface area contributed by atoms with E-state index in [2.05, 4.69) is 0 Å². The summed E-state index contributed by atoms with van der Waals surface area (Å²) in [6, 6.07) is 6.16. The number of allylic oxidation sites excluding steroid dienone is 3. The van der Waals surface area contributed by atoms with Crippen molar-refractivity contribution in [2.45, 2.75) is 188 Å². The van der Waals surface area contributed by atoms with E-state index in [0.717, 1.165) is 45.7 Å². The smallest absolute Gasteiger partial charge is 0.337 e. The lowest BCUT2D eigenvalue weighted by atomic mass is 9.86. The molecule has 568 valence electrons. The van der Waals surface area contributed by atoms with Gasteiger partial charge >= 0.3 is 35.8 Å². The van der Waals surface area contributed by atoms with Crippen LogP contribution in [-0.4, -0.2) is 303 Å². The van der Waals surface area contributed by atoms with Crippen LogP contribution >= 0.6 is 0 Å². The Hall–Kier alpha value is -7.16. The van der Waals surface area contributed by atoms with Crippen LogP contribution in [0.2, 0.25) is 0 Å². The first-order valence-corrected chi connectivity index (χ1v) is 32.2. The van der Waals surface area contributed by atoms with Gasteiger partial charge in [-0.2, -0.15) is 0 Å². The van der Waals surface area contributed by atoms with Crippen LogP contribution in [0.5, 0.6) is 5.75 Å². The number of phenols is 1. The number of aromatic hydroxyl groups is 1. The molecule has 0 spiro atoms. The van der Waals surface area contributed by atoms with Crippen molar-refractivity contribution in [3.63, 3.8) is 0 Å². The van der Waals surface area contributed by atoms with Gasteiger partial charge in [-0.15, -0.1) is 0 Å². The number of aliphatic hydroxyl groups excluding tert-OH is 13. The number of methoxy groups -OCH3 is 3. The van der Waals surface area contributed by atoms with Gasteiger partial charge in [0.1, 0.15) is 111 Å². The molecule has 102 heavy (non-hydrogen) atoms. The minimum Gasteiger partial charge on any atom is -0.508 e. The summed E-state index contributed by atoms with van der Waals surface area (Å²) in [6.45, 7) is 0.834. The Bertz CT molecular complexity index is 3230. The summed E-state index contributed by atoms with van der Waals surface area (Å²) in [7, 11) is 3.06. The molecule has 37 nitrogen and oxygen atoms in total. The van der Waals surface area contributed by atoms with Crippen LogP contribution in [0.3, 0.4) is 0 Å². The fourth-order valence-corrected chi connectivity index (χ4v) is 12.2. The van der Waals surface area contributed by atoms with E-state index in [0.29, 0.717) is 0 Å². The van der Waals surface area contributed by atoms with Crippen LogP contribution in [0.4, 0.5) is 0 Å². The van der Waals surface area contributed by atoms with E-state index in [1.165, 1.54) is 51.1 Å². The van der Waals surface area contributed by atoms with Gasteiger partial charge in [-0.05, 0) is 44.9 Å². The van der Waals surface area contributed by atoms with Crippen LogP contribution in [0, 0.1) is 17.8 Å². The standard InChI is InChI=1S/C65H86O37/c1-7-28-31(34(56(83)86-4)21-92-59(28)100-63-52(80)48(76)44(72)37(19-66)95-63)17-42(70)91-25-40-47(75)55(99-43(71)18-33-30(9-3)60(93-23-36(33)58(85)88-6)101-64-53(81)49(77)45(73)38(20-67)96-64)54(82)65(98-40)102-61-29(8-2)32(35(22-94-61)57(84)87-5)16-41(69)90-24-39-46(74)50(78)51(79)62(97-39)89-15-14-26-10-12-27(68)13-11-26/h7-13,21-23,31-33,37-40,44-55,59-68,72-82H,14-20,24-25H2,1-6H3/b28-7-,29-8-,30-9-/t31?,32?,33?,37-,38-,39+,40-,44-,45-,46+,47-,48+,49+,50-,51+,52-,53-,54-,55+,59?,60?,61?,62?,63?,64?,65?/m0/s1. The second-order valence-corrected chi connectivity index (χ2v) is 24.2. The molecule has 0 bridgehead atoms. The van der Waals surface area contributed by atoms with Crippen molar-refractivity contribution in [2.75, 3.05) is 54.4 Å². The highest BCUT2D eigenvalue weighted by Gasteiger charge is 2.54. The summed E-state index contributed by atoms with van der Waals surface area (Å²) in [6.07, 6.45) is -37.3. The van der Waals surface area contributed by atoms with Gasteiger partial charge in [-0.25, -0.2) is 14.4 Å².